The van der Waals surface area contributed by atoms with Gasteiger partial charge in [-0.1, -0.05) is 55.8 Å². The predicted octanol–water partition coefficient (Wildman–Crippen LogP) is 5.49. The second kappa shape index (κ2) is 9.08. The predicted molar refractivity (Wildman–Crippen MR) is 128 cm³/mol. The van der Waals surface area contributed by atoms with E-state index in [9.17, 15) is 14.7 Å². The normalized spacial score (nSPS) is 17.6. The van der Waals surface area contributed by atoms with E-state index in [1.807, 2.05) is 24.3 Å². The van der Waals surface area contributed by atoms with E-state index in [1.165, 1.54) is 18.1 Å². The molecule has 7 heteroatoms. The first-order valence-electron chi connectivity index (χ1n) is 10.5. The van der Waals surface area contributed by atoms with Gasteiger partial charge < -0.3 is 9.84 Å². The number of Topliss-reactive ketones (excluding diaryl/α,β-unsaturated/α-hetero) is 1. The Morgan fingerprint density at radius 1 is 1.09 bits per heavy atom. The van der Waals surface area contributed by atoms with E-state index in [4.69, 9.17) is 16.3 Å². The van der Waals surface area contributed by atoms with Gasteiger partial charge in [-0.05, 0) is 47.4 Å². The third kappa shape index (κ3) is 4.10. The van der Waals surface area contributed by atoms with Gasteiger partial charge in [-0.2, -0.15) is 0 Å². The fourth-order valence-electron chi connectivity index (χ4n) is 3.91. The van der Waals surface area contributed by atoms with Crippen molar-refractivity contribution in [3.8, 4) is 5.75 Å². The minimum absolute atomic E-state index is 0.0239. The zero-order valence-corrected chi connectivity index (χ0v) is 19.2. The molecule has 1 amide bonds. The lowest BCUT2D eigenvalue weighted by molar-refractivity contribution is -0.132. The van der Waals surface area contributed by atoms with Gasteiger partial charge >= 0.3 is 5.91 Å². The van der Waals surface area contributed by atoms with Crippen molar-refractivity contribution in [2.75, 3.05) is 12.0 Å². The molecule has 168 valence electrons. The Bertz CT molecular complexity index is 1240. The number of halogens is 1. The summed E-state index contributed by atoms with van der Waals surface area (Å²) in [5.74, 6) is -0.778. The second-order valence-corrected chi connectivity index (χ2v) is 8.43. The van der Waals surface area contributed by atoms with Crippen LogP contribution in [0.25, 0.3) is 5.76 Å². The molecule has 0 bridgehead atoms. The van der Waals surface area contributed by atoms with Crippen molar-refractivity contribution >= 4 is 34.9 Å². The van der Waals surface area contributed by atoms with Gasteiger partial charge in [0, 0.05) is 11.8 Å². The molecule has 0 spiro atoms. The maximum Gasteiger partial charge on any atom is 0.301 e. The topological polar surface area (TPSA) is 79.7 Å². The molecule has 3 aromatic rings. The number of carbonyl (C=O) groups excluding carboxylic acids is 2. The Morgan fingerprint density at radius 3 is 2.39 bits per heavy atom. The van der Waals surface area contributed by atoms with Gasteiger partial charge in [0.25, 0.3) is 5.78 Å². The van der Waals surface area contributed by atoms with Crippen LogP contribution in [0.5, 0.6) is 5.75 Å². The number of aliphatic hydroxyl groups is 1. The number of carbonyl (C=O) groups is 2. The van der Waals surface area contributed by atoms with E-state index < -0.39 is 17.7 Å². The van der Waals surface area contributed by atoms with E-state index in [0.29, 0.717) is 28.6 Å². The first kappa shape index (κ1) is 22.6. The Kier molecular flexibility index (Phi) is 6.20. The van der Waals surface area contributed by atoms with E-state index in [1.54, 1.807) is 36.5 Å². The lowest BCUT2D eigenvalue weighted by Gasteiger charge is -2.24. The zero-order chi connectivity index (χ0) is 23.7. The molecule has 0 aliphatic carbocycles. The molecule has 1 atom stereocenters. The Hall–Kier alpha value is -3.64. The van der Waals surface area contributed by atoms with Gasteiger partial charge in [-0.3, -0.25) is 14.5 Å². The fraction of sp³-hybridized carbons (Fsp3) is 0.192. The second-order valence-electron chi connectivity index (χ2n) is 8.03. The lowest BCUT2D eigenvalue weighted by Crippen LogP contribution is -2.30. The largest absolute Gasteiger partial charge is 0.507 e. The molecule has 1 fully saturated rings. The van der Waals surface area contributed by atoms with Crippen LogP contribution in [0.1, 0.15) is 42.5 Å². The van der Waals surface area contributed by atoms with Crippen molar-refractivity contribution in [1.82, 2.24) is 4.98 Å². The fourth-order valence-corrected chi connectivity index (χ4v) is 4.17. The van der Waals surface area contributed by atoms with E-state index >= 15 is 0 Å². The summed E-state index contributed by atoms with van der Waals surface area (Å²) in [6.45, 7) is 4.17. The number of amides is 1. The SMILES string of the molecule is COc1ccc(C(O)=C2C(=O)C(=O)N(c3ccccn3)[C@H]2c2ccc(C(C)C)cc2)cc1Cl. The molecule has 1 aliphatic heterocycles. The maximum absolute atomic E-state index is 13.2. The highest BCUT2D eigenvalue weighted by Gasteiger charge is 2.47. The number of anilines is 1. The molecule has 1 aromatic heterocycles. The molecule has 0 radical (unpaired) electrons. The number of ketones is 1. The average Bonchev–Trinajstić information content (AvgIpc) is 3.09. The molecule has 1 aliphatic rings. The molecular formula is C26H23ClN2O4. The summed E-state index contributed by atoms with van der Waals surface area (Å²) >= 11 is 6.24. The van der Waals surface area contributed by atoms with Gasteiger partial charge in [-0.15, -0.1) is 0 Å². The number of aliphatic hydroxyl groups excluding tert-OH is 1. The van der Waals surface area contributed by atoms with Crippen LogP contribution in [-0.4, -0.2) is 28.9 Å². The number of hydrogen-bond acceptors (Lipinski definition) is 5. The van der Waals surface area contributed by atoms with E-state index in [-0.39, 0.29) is 16.4 Å². The zero-order valence-electron chi connectivity index (χ0n) is 18.4. The number of hydrogen-bond donors (Lipinski definition) is 1. The van der Waals surface area contributed by atoms with E-state index in [0.717, 1.165) is 5.56 Å². The van der Waals surface area contributed by atoms with Crippen LogP contribution in [-0.2, 0) is 9.59 Å². The Labute approximate surface area is 197 Å². The van der Waals surface area contributed by atoms with Crippen molar-refractivity contribution in [2.24, 2.45) is 0 Å². The summed E-state index contributed by atoms with van der Waals surface area (Å²) in [5, 5.41) is 11.5. The third-order valence-corrected chi connectivity index (χ3v) is 5.98. The maximum atomic E-state index is 13.2. The standard InChI is InChI=1S/C26H23ClN2O4/c1-15(2)16-7-9-17(10-8-16)23-22(24(30)18-11-12-20(33-3)19(27)14-18)25(31)26(32)29(23)21-6-4-5-13-28-21/h4-15,23,30H,1-3H3/t23-/m0/s1. The molecule has 1 N–H and O–H groups in total. The minimum atomic E-state index is -0.845. The summed E-state index contributed by atoms with van der Waals surface area (Å²) in [6, 6.07) is 16.6. The highest BCUT2D eigenvalue weighted by Crippen LogP contribution is 2.42. The molecule has 4 rings (SSSR count). The van der Waals surface area contributed by atoms with Gasteiger partial charge in [0.05, 0.1) is 23.7 Å². The van der Waals surface area contributed by atoms with Crippen LogP contribution in [0, 0.1) is 0 Å². The minimum Gasteiger partial charge on any atom is -0.507 e. The molecule has 0 unspecified atom stereocenters. The molecule has 1 saturated heterocycles. The van der Waals surface area contributed by atoms with Gasteiger partial charge in [-0.25, -0.2) is 4.98 Å². The highest BCUT2D eigenvalue weighted by molar-refractivity contribution is 6.51. The molecule has 2 aromatic carbocycles. The smallest absolute Gasteiger partial charge is 0.301 e. The molecular weight excluding hydrogens is 440 g/mol. The summed E-state index contributed by atoms with van der Waals surface area (Å²) < 4.78 is 5.17. The van der Waals surface area contributed by atoms with Crippen LogP contribution < -0.4 is 9.64 Å². The van der Waals surface area contributed by atoms with Crippen LogP contribution >= 0.6 is 11.6 Å². The molecule has 6 nitrogen and oxygen atoms in total. The van der Waals surface area contributed by atoms with Gasteiger partial charge in [0.1, 0.15) is 17.3 Å². The number of nitrogens with zero attached hydrogens (tertiary/aromatic N) is 2. The van der Waals surface area contributed by atoms with Crippen LogP contribution in [0.15, 0.2) is 72.4 Å². The quantitative estimate of drug-likeness (QED) is 0.308. The van der Waals surface area contributed by atoms with Crippen LogP contribution in [0.2, 0.25) is 5.02 Å². The molecule has 0 saturated carbocycles. The van der Waals surface area contributed by atoms with Crippen molar-refractivity contribution in [2.45, 2.75) is 25.8 Å². The van der Waals surface area contributed by atoms with E-state index in [2.05, 4.69) is 18.8 Å². The number of pyridine rings is 1. The van der Waals surface area contributed by atoms with Crippen molar-refractivity contribution in [3.05, 3.63) is 94.1 Å². The summed E-state index contributed by atoms with van der Waals surface area (Å²) in [7, 11) is 1.49. The van der Waals surface area contributed by atoms with Crippen molar-refractivity contribution in [1.29, 1.82) is 0 Å². The van der Waals surface area contributed by atoms with Crippen LogP contribution in [0.3, 0.4) is 0 Å². The molecule has 2 heterocycles. The summed E-state index contributed by atoms with van der Waals surface area (Å²) in [5.41, 5.74) is 2.09. The first-order chi connectivity index (χ1) is 15.8. The van der Waals surface area contributed by atoms with Crippen molar-refractivity contribution < 1.29 is 19.4 Å². The number of aromatic nitrogens is 1. The summed E-state index contributed by atoms with van der Waals surface area (Å²) in [4.78, 5) is 31.9. The highest BCUT2D eigenvalue weighted by atomic mass is 35.5. The Balaban J connectivity index is 1.91. The molecule has 33 heavy (non-hydrogen) atoms. The number of rotatable bonds is 5. The van der Waals surface area contributed by atoms with Crippen molar-refractivity contribution in [3.63, 3.8) is 0 Å². The number of methoxy groups -OCH3 is 1. The number of ether oxygens (including phenoxy) is 1. The Morgan fingerprint density at radius 2 is 1.82 bits per heavy atom. The van der Waals surface area contributed by atoms with Gasteiger partial charge in [0.15, 0.2) is 0 Å². The lowest BCUT2D eigenvalue weighted by atomic mass is 9.93. The third-order valence-electron chi connectivity index (χ3n) is 5.68. The first-order valence-corrected chi connectivity index (χ1v) is 10.9. The van der Waals surface area contributed by atoms with Crippen LogP contribution in [0.4, 0.5) is 5.82 Å². The summed E-state index contributed by atoms with van der Waals surface area (Å²) in [6.07, 6.45) is 1.55. The average molecular weight is 463 g/mol. The number of benzene rings is 2. The monoisotopic (exact) mass is 462 g/mol. The van der Waals surface area contributed by atoms with Gasteiger partial charge in [0.2, 0.25) is 0 Å².